The van der Waals surface area contributed by atoms with Crippen LogP contribution in [0.5, 0.6) is 0 Å². The van der Waals surface area contributed by atoms with Gasteiger partial charge in [0.2, 0.25) is 5.91 Å². The molecule has 0 spiro atoms. The van der Waals surface area contributed by atoms with Crippen LogP contribution in [0, 0.1) is 11.6 Å². The van der Waals surface area contributed by atoms with Crippen LogP contribution < -0.4 is 10.2 Å². The normalized spacial score (nSPS) is 16.8. The van der Waals surface area contributed by atoms with Crippen molar-refractivity contribution in [3.05, 3.63) is 65.2 Å². The maximum Gasteiger partial charge on any atom is 0.237 e. The van der Waals surface area contributed by atoms with Crippen LogP contribution in [0.15, 0.2) is 42.5 Å². The van der Waals surface area contributed by atoms with Crippen LogP contribution in [0.1, 0.15) is 42.7 Å². The number of rotatable bonds is 6. The third-order valence-corrected chi connectivity index (χ3v) is 5.67. The summed E-state index contributed by atoms with van der Waals surface area (Å²) in [6, 6.07) is 10.1. The summed E-state index contributed by atoms with van der Waals surface area (Å²) in [7, 11) is 0. The molecule has 1 amide bonds. The topological polar surface area (TPSA) is 52.7 Å². The number of halogens is 2. The number of hydrogen-bond acceptors (Lipinski definition) is 4. The number of Topliss-reactive ketones (excluding diaryl/α,β-unsaturated/α-hetero) is 1. The Morgan fingerprint density at radius 3 is 2.17 bits per heavy atom. The molecule has 2 aromatic rings. The molecule has 0 saturated carbocycles. The van der Waals surface area contributed by atoms with E-state index in [-0.39, 0.29) is 29.6 Å². The average Bonchev–Trinajstić information content (AvgIpc) is 2.73. The highest BCUT2D eigenvalue weighted by Gasteiger charge is 2.27. The van der Waals surface area contributed by atoms with Crippen molar-refractivity contribution < 1.29 is 18.4 Å². The molecule has 2 aromatic carbocycles. The minimum absolute atomic E-state index is 0.0998. The van der Waals surface area contributed by atoms with E-state index >= 15 is 0 Å². The van der Waals surface area contributed by atoms with E-state index in [0.717, 1.165) is 5.56 Å². The van der Waals surface area contributed by atoms with E-state index < -0.39 is 5.82 Å². The Kier molecular flexibility index (Phi) is 6.82. The number of carbonyl (C=O) groups is 2. The Balaban J connectivity index is 1.55. The van der Waals surface area contributed by atoms with Crippen molar-refractivity contribution in [2.45, 2.75) is 32.9 Å². The molecule has 2 atom stereocenters. The third-order valence-electron chi connectivity index (χ3n) is 5.67. The highest BCUT2D eigenvalue weighted by molar-refractivity contribution is 5.94. The van der Waals surface area contributed by atoms with Crippen molar-refractivity contribution in [3.8, 4) is 0 Å². The maximum atomic E-state index is 14.4. The van der Waals surface area contributed by atoms with Gasteiger partial charge in [0.25, 0.3) is 0 Å². The lowest BCUT2D eigenvalue weighted by Crippen LogP contribution is -2.54. The highest BCUT2D eigenvalue weighted by atomic mass is 19.1. The van der Waals surface area contributed by atoms with Gasteiger partial charge >= 0.3 is 0 Å². The van der Waals surface area contributed by atoms with E-state index in [0.29, 0.717) is 37.4 Å². The number of anilines is 1. The van der Waals surface area contributed by atoms with Crippen LogP contribution in [0.4, 0.5) is 14.5 Å². The minimum atomic E-state index is -0.407. The molecule has 1 N–H and O–H groups in total. The van der Waals surface area contributed by atoms with Crippen molar-refractivity contribution in [3.63, 3.8) is 0 Å². The van der Waals surface area contributed by atoms with E-state index in [2.05, 4.69) is 10.2 Å². The smallest absolute Gasteiger partial charge is 0.237 e. The quantitative estimate of drug-likeness (QED) is 0.733. The van der Waals surface area contributed by atoms with Gasteiger partial charge in [0.1, 0.15) is 11.6 Å². The Morgan fingerprint density at radius 2 is 1.60 bits per heavy atom. The largest absolute Gasteiger partial charge is 0.367 e. The van der Waals surface area contributed by atoms with Gasteiger partial charge in [-0.15, -0.1) is 0 Å². The van der Waals surface area contributed by atoms with Gasteiger partial charge < -0.3 is 10.2 Å². The van der Waals surface area contributed by atoms with Crippen molar-refractivity contribution >= 4 is 17.4 Å². The molecule has 7 heteroatoms. The van der Waals surface area contributed by atoms with Crippen LogP contribution >= 0.6 is 0 Å². The number of benzene rings is 2. The number of nitrogens with zero attached hydrogens (tertiary/aromatic N) is 2. The summed E-state index contributed by atoms with van der Waals surface area (Å²) >= 11 is 0. The Morgan fingerprint density at radius 1 is 0.967 bits per heavy atom. The molecule has 1 heterocycles. The number of carbonyl (C=O) groups excluding carboxylic acids is 2. The molecule has 3 rings (SSSR count). The summed E-state index contributed by atoms with van der Waals surface area (Å²) in [5.41, 5.74) is 1.67. The van der Waals surface area contributed by atoms with E-state index in [1.807, 2.05) is 18.7 Å². The van der Waals surface area contributed by atoms with Gasteiger partial charge in [-0.25, -0.2) is 8.78 Å². The Bertz CT molecular complexity index is 909. The molecule has 1 fully saturated rings. The molecule has 0 bridgehead atoms. The highest BCUT2D eigenvalue weighted by Crippen LogP contribution is 2.23. The standard InChI is InChI=1S/C23H27F2N3O2/c1-15(18-4-7-20(24)8-5-18)26-23(30)16(2)27-10-12-28(13-11-27)22-9-6-19(17(3)29)14-21(22)25/h4-9,14-16H,10-13H2,1-3H3,(H,26,30)/t15-,16+/m0/s1. The molecule has 1 aliphatic heterocycles. The first-order valence-electron chi connectivity index (χ1n) is 10.1. The van der Waals surface area contributed by atoms with Gasteiger partial charge in [-0.2, -0.15) is 0 Å². The molecule has 160 valence electrons. The zero-order valence-electron chi connectivity index (χ0n) is 17.5. The summed E-state index contributed by atoms with van der Waals surface area (Å²) in [6.45, 7) is 7.54. The first kappa shape index (κ1) is 21.9. The van der Waals surface area contributed by atoms with Gasteiger partial charge in [-0.1, -0.05) is 12.1 Å². The molecule has 30 heavy (non-hydrogen) atoms. The number of nitrogens with one attached hydrogen (secondary N) is 1. The van der Waals surface area contributed by atoms with Crippen LogP contribution in [0.25, 0.3) is 0 Å². The molecular weight excluding hydrogens is 388 g/mol. The van der Waals surface area contributed by atoms with E-state index in [4.69, 9.17) is 0 Å². The third kappa shape index (κ3) is 5.02. The predicted octanol–water partition coefficient (Wildman–Crippen LogP) is 3.56. The van der Waals surface area contributed by atoms with Gasteiger partial charge in [-0.3, -0.25) is 14.5 Å². The predicted molar refractivity (Wildman–Crippen MR) is 113 cm³/mol. The van der Waals surface area contributed by atoms with E-state index in [9.17, 15) is 18.4 Å². The number of amides is 1. The zero-order chi connectivity index (χ0) is 21.8. The molecule has 0 unspecified atom stereocenters. The summed E-state index contributed by atoms with van der Waals surface area (Å²) in [5, 5.41) is 2.97. The second kappa shape index (κ2) is 9.34. The lowest BCUT2D eigenvalue weighted by Gasteiger charge is -2.38. The zero-order valence-corrected chi connectivity index (χ0v) is 17.5. The fraction of sp³-hybridized carbons (Fsp3) is 0.391. The first-order valence-corrected chi connectivity index (χ1v) is 10.1. The molecule has 0 aliphatic carbocycles. The first-order chi connectivity index (χ1) is 14.3. The lowest BCUT2D eigenvalue weighted by atomic mass is 10.1. The van der Waals surface area contributed by atoms with Crippen LogP contribution in [0.3, 0.4) is 0 Å². The van der Waals surface area contributed by atoms with Crippen molar-refractivity contribution in [2.24, 2.45) is 0 Å². The Hall–Kier alpha value is -2.80. The van der Waals surface area contributed by atoms with E-state index in [1.165, 1.54) is 25.1 Å². The molecule has 0 aromatic heterocycles. The maximum absolute atomic E-state index is 14.4. The molecule has 1 aliphatic rings. The van der Waals surface area contributed by atoms with Crippen LogP contribution in [-0.2, 0) is 4.79 Å². The second-order valence-electron chi connectivity index (χ2n) is 7.70. The van der Waals surface area contributed by atoms with Crippen molar-refractivity contribution in [1.29, 1.82) is 0 Å². The number of ketones is 1. The number of piperazine rings is 1. The van der Waals surface area contributed by atoms with Gasteiger partial charge in [0.15, 0.2) is 5.78 Å². The second-order valence-corrected chi connectivity index (χ2v) is 7.70. The van der Waals surface area contributed by atoms with Gasteiger partial charge in [0.05, 0.1) is 17.8 Å². The Labute approximate surface area is 175 Å². The minimum Gasteiger partial charge on any atom is -0.367 e. The fourth-order valence-corrected chi connectivity index (χ4v) is 3.67. The average molecular weight is 415 g/mol. The summed E-state index contributed by atoms with van der Waals surface area (Å²) < 4.78 is 27.5. The molecular formula is C23H27F2N3O2. The van der Waals surface area contributed by atoms with Gasteiger partial charge in [0, 0.05) is 31.7 Å². The lowest BCUT2D eigenvalue weighted by molar-refractivity contribution is -0.126. The summed E-state index contributed by atoms with van der Waals surface area (Å²) in [6.07, 6.45) is 0. The summed E-state index contributed by atoms with van der Waals surface area (Å²) in [4.78, 5) is 28.1. The SMILES string of the molecule is CC(=O)c1ccc(N2CCN([C@H](C)C(=O)N[C@@H](C)c3ccc(F)cc3)CC2)c(F)c1. The molecule has 5 nitrogen and oxygen atoms in total. The number of hydrogen-bond donors (Lipinski definition) is 1. The monoisotopic (exact) mass is 415 g/mol. The molecule has 1 saturated heterocycles. The van der Waals surface area contributed by atoms with E-state index in [1.54, 1.807) is 24.3 Å². The fourth-order valence-electron chi connectivity index (χ4n) is 3.67. The van der Waals surface area contributed by atoms with Crippen LogP contribution in [0.2, 0.25) is 0 Å². The molecule has 0 radical (unpaired) electrons. The summed E-state index contributed by atoms with van der Waals surface area (Å²) in [5.74, 6) is -0.983. The van der Waals surface area contributed by atoms with Crippen LogP contribution in [-0.4, -0.2) is 48.8 Å². The van der Waals surface area contributed by atoms with Crippen molar-refractivity contribution in [1.82, 2.24) is 10.2 Å². The van der Waals surface area contributed by atoms with Crippen molar-refractivity contribution in [2.75, 3.05) is 31.1 Å². The van der Waals surface area contributed by atoms with Gasteiger partial charge in [-0.05, 0) is 56.7 Å².